The van der Waals surface area contributed by atoms with Crippen LogP contribution in [-0.4, -0.2) is 26.5 Å². The molecule has 1 fully saturated rings. The van der Waals surface area contributed by atoms with E-state index >= 15 is 0 Å². The van der Waals surface area contributed by atoms with Crippen molar-refractivity contribution in [2.24, 2.45) is 5.92 Å². The number of anilines is 2. The number of aryl methyl sites for hydroxylation is 2. The molecule has 0 aromatic carbocycles. The fourth-order valence-electron chi connectivity index (χ4n) is 2.96. The van der Waals surface area contributed by atoms with Gasteiger partial charge in [-0.2, -0.15) is 4.98 Å². The van der Waals surface area contributed by atoms with Crippen LogP contribution in [0, 0.1) is 19.8 Å². The zero-order valence-corrected chi connectivity index (χ0v) is 14.7. The van der Waals surface area contributed by atoms with Crippen molar-refractivity contribution < 1.29 is 0 Å². The van der Waals surface area contributed by atoms with Gasteiger partial charge >= 0.3 is 0 Å². The number of aromatic nitrogens is 4. The molecule has 1 saturated carbocycles. The van der Waals surface area contributed by atoms with Crippen molar-refractivity contribution in [2.75, 3.05) is 17.6 Å². The van der Waals surface area contributed by atoms with Crippen LogP contribution in [0.4, 0.5) is 11.8 Å². The first-order valence-electron chi connectivity index (χ1n) is 8.22. The lowest BCUT2D eigenvalue weighted by Crippen LogP contribution is -2.22. The molecule has 3 aromatic rings. The Labute approximate surface area is 144 Å². The number of hydrogen-bond donors (Lipinski definition) is 2. The molecule has 124 valence electrons. The number of rotatable bonds is 4. The van der Waals surface area contributed by atoms with Crippen molar-refractivity contribution in [1.82, 2.24) is 19.9 Å². The van der Waals surface area contributed by atoms with Gasteiger partial charge < -0.3 is 11.1 Å². The molecule has 0 saturated heterocycles. The summed E-state index contributed by atoms with van der Waals surface area (Å²) in [5, 5.41) is 4.16. The van der Waals surface area contributed by atoms with Crippen LogP contribution in [0.15, 0.2) is 12.3 Å². The number of nitrogens with two attached hydrogens (primary N) is 1. The van der Waals surface area contributed by atoms with Crippen molar-refractivity contribution in [3.05, 3.63) is 23.7 Å². The van der Waals surface area contributed by atoms with Crippen LogP contribution in [0.3, 0.4) is 0 Å². The van der Waals surface area contributed by atoms with Crippen LogP contribution in [0.2, 0.25) is 0 Å². The second-order valence-corrected chi connectivity index (χ2v) is 7.36. The molecule has 0 radical (unpaired) electrons. The minimum absolute atomic E-state index is 0.475. The van der Waals surface area contributed by atoms with Crippen molar-refractivity contribution in [1.29, 1.82) is 0 Å². The largest absolute Gasteiger partial charge is 0.383 e. The topological polar surface area (TPSA) is 89.6 Å². The maximum atomic E-state index is 6.23. The normalized spacial score (nSPS) is 14.8. The van der Waals surface area contributed by atoms with Crippen LogP contribution in [0.25, 0.3) is 20.8 Å². The molecular weight excluding hydrogens is 320 g/mol. The maximum absolute atomic E-state index is 6.23. The van der Waals surface area contributed by atoms with Gasteiger partial charge in [0.25, 0.3) is 0 Å². The predicted molar refractivity (Wildman–Crippen MR) is 98.2 cm³/mol. The van der Waals surface area contributed by atoms with Crippen molar-refractivity contribution in [3.8, 4) is 10.6 Å². The lowest BCUT2D eigenvalue weighted by molar-refractivity contribution is 0.333. The van der Waals surface area contributed by atoms with Crippen LogP contribution >= 0.6 is 11.3 Å². The molecule has 1 aliphatic rings. The van der Waals surface area contributed by atoms with Crippen LogP contribution < -0.4 is 11.1 Å². The second-order valence-electron chi connectivity index (χ2n) is 6.33. The highest BCUT2D eigenvalue weighted by atomic mass is 32.1. The maximum Gasteiger partial charge on any atom is 0.224 e. The number of nitrogen functional groups attached to an aromatic ring is 1. The highest BCUT2D eigenvalue weighted by Crippen LogP contribution is 2.35. The first kappa shape index (κ1) is 15.3. The van der Waals surface area contributed by atoms with E-state index in [1.54, 1.807) is 17.5 Å². The van der Waals surface area contributed by atoms with E-state index in [2.05, 4.69) is 20.3 Å². The summed E-state index contributed by atoms with van der Waals surface area (Å²) in [6.45, 7) is 4.84. The van der Waals surface area contributed by atoms with E-state index in [0.717, 1.165) is 44.6 Å². The lowest BCUT2D eigenvalue weighted by Gasteiger charge is -2.25. The molecule has 0 aliphatic heterocycles. The minimum Gasteiger partial charge on any atom is -0.383 e. The van der Waals surface area contributed by atoms with Crippen molar-refractivity contribution in [2.45, 2.75) is 33.1 Å². The Hall–Kier alpha value is -2.28. The predicted octanol–water partition coefficient (Wildman–Crippen LogP) is 3.56. The van der Waals surface area contributed by atoms with Crippen LogP contribution in [0.5, 0.6) is 0 Å². The van der Waals surface area contributed by atoms with E-state index in [0.29, 0.717) is 11.8 Å². The Morgan fingerprint density at radius 1 is 1.21 bits per heavy atom. The highest BCUT2D eigenvalue weighted by molar-refractivity contribution is 7.21. The summed E-state index contributed by atoms with van der Waals surface area (Å²) in [5.74, 6) is 1.83. The Kier molecular flexibility index (Phi) is 3.80. The number of nitrogens with one attached hydrogen (secondary N) is 1. The molecule has 0 spiro atoms. The van der Waals surface area contributed by atoms with Crippen molar-refractivity contribution in [3.63, 3.8) is 0 Å². The molecule has 3 N–H and O–H groups in total. The van der Waals surface area contributed by atoms with Crippen LogP contribution in [0.1, 0.15) is 30.7 Å². The summed E-state index contributed by atoms with van der Waals surface area (Å²) in [6, 6.07) is 1.98. The molecule has 0 unspecified atom stereocenters. The van der Waals surface area contributed by atoms with Gasteiger partial charge in [0.1, 0.15) is 16.3 Å². The second kappa shape index (κ2) is 5.98. The molecule has 0 bridgehead atoms. The molecule has 6 nitrogen and oxygen atoms in total. The summed E-state index contributed by atoms with van der Waals surface area (Å²) in [6.07, 6.45) is 5.72. The summed E-state index contributed by atoms with van der Waals surface area (Å²) in [5.41, 5.74) is 9.74. The molecular formula is C17H20N6S. The minimum atomic E-state index is 0.475. The number of thiazole rings is 1. The average molecular weight is 340 g/mol. The molecule has 0 atom stereocenters. The van der Waals surface area contributed by atoms with E-state index < -0.39 is 0 Å². The molecule has 4 rings (SSSR count). The monoisotopic (exact) mass is 340 g/mol. The van der Waals surface area contributed by atoms with Gasteiger partial charge in [0.2, 0.25) is 5.95 Å². The molecule has 3 aromatic heterocycles. The van der Waals surface area contributed by atoms with E-state index in [4.69, 9.17) is 10.7 Å². The standard InChI is InChI=1S/C17H20N6S/c1-9-13(16-22-14-10(2)19-7-6-12(14)24-16)15(18)23-17(21-9)20-8-11-4-3-5-11/h6-7,11H,3-5,8H2,1-2H3,(H3,18,20,21,23). The first-order chi connectivity index (χ1) is 11.6. The third kappa shape index (κ3) is 2.69. The third-order valence-electron chi connectivity index (χ3n) is 4.60. The number of fused-ring (bicyclic) bond motifs is 1. The summed E-state index contributed by atoms with van der Waals surface area (Å²) < 4.78 is 1.10. The zero-order chi connectivity index (χ0) is 16.7. The Morgan fingerprint density at radius 2 is 2.04 bits per heavy atom. The van der Waals surface area contributed by atoms with E-state index in [-0.39, 0.29) is 0 Å². The van der Waals surface area contributed by atoms with Gasteiger partial charge in [-0.3, -0.25) is 4.98 Å². The van der Waals surface area contributed by atoms with E-state index in [1.807, 2.05) is 19.9 Å². The number of pyridine rings is 1. The van der Waals surface area contributed by atoms with Gasteiger partial charge in [0.15, 0.2) is 0 Å². The third-order valence-corrected chi connectivity index (χ3v) is 5.63. The van der Waals surface area contributed by atoms with Gasteiger partial charge in [0.05, 0.1) is 21.7 Å². The molecule has 24 heavy (non-hydrogen) atoms. The molecule has 0 amide bonds. The van der Waals surface area contributed by atoms with Gasteiger partial charge in [-0.15, -0.1) is 11.3 Å². The molecule has 3 heterocycles. The smallest absolute Gasteiger partial charge is 0.224 e. The summed E-state index contributed by atoms with van der Waals surface area (Å²) in [4.78, 5) is 18.0. The van der Waals surface area contributed by atoms with E-state index in [1.165, 1.54) is 19.3 Å². The fourth-order valence-corrected chi connectivity index (χ4v) is 4.08. The Bertz CT molecular complexity index is 876. The van der Waals surface area contributed by atoms with E-state index in [9.17, 15) is 0 Å². The quantitative estimate of drug-likeness (QED) is 0.755. The van der Waals surface area contributed by atoms with Gasteiger partial charge in [0, 0.05) is 12.7 Å². The van der Waals surface area contributed by atoms with Gasteiger partial charge in [-0.1, -0.05) is 6.42 Å². The number of hydrogen-bond acceptors (Lipinski definition) is 7. The first-order valence-corrected chi connectivity index (χ1v) is 9.04. The molecule has 1 aliphatic carbocycles. The Balaban J connectivity index is 1.67. The summed E-state index contributed by atoms with van der Waals surface area (Å²) >= 11 is 1.60. The Morgan fingerprint density at radius 3 is 2.71 bits per heavy atom. The highest BCUT2D eigenvalue weighted by Gasteiger charge is 2.19. The lowest BCUT2D eigenvalue weighted by atomic mass is 9.85. The van der Waals surface area contributed by atoms with Crippen LogP contribution in [-0.2, 0) is 0 Å². The summed E-state index contributed by atoms with van der Waals surface area (Å²) in [7, 11) is 0. The van der Waals surface area contributed by atoms with Gasteiger partial charge in [-0.25, -0.2) is 9.97 Å². The van der Waals surface area contributed by atoms with Gasteiger partial charge in [-0.05, 0) is 38.7 Å². The SMILES string of the molecule is Cc1nc(NCC2CCC2)nc(N)c1-c1nc2c(C)nccc2s1. The fraction of sp³-hybridized carbons (Fsp3) is 0.412. The molecule has 7 heteroatoms. The zero-order valence-electron chi connectivity index (χ0n) is 13.8. The van der Waals surface area contributed by atoms with Crippen molar-refractivity contribution >= 4 is 33.3 Å². The average Bonchev–Trinajstić information content (AvgIpc) is 2.90. The number of nitrogens with zero attached hydrogens (tertiary/aromatic N) is 4.